The first-order chi connectivity index (χ1) is 14.5. The van der Waals surface area contributed by atoms with Crippen LogP contribution in [0.3, 0.4) is 0 Å². The molecule has 0 atom stereocenters. The molecule has 1 aliphatic heterocycles. The quantitative estimate of drug-likeness (QED) is 0.382. The number of nitro benzene ring substituents is 1. The van der Waals surface area contributed by atoms with Crippen molar-refractivity contribution >= 4 is 24.1 Å². The van der Waals surface area contributed by atoms with E-state index in [9.17, 15) is 19.7 Å². The van der Waals surface area contributed by atoms with Crippen molar-refractivity contribution in [3.8, 4) is 5.75 Å². The molecule has 1 aromatic rings. The van der Waals surface area contributed by atoms with Gasteiger partial charge in [-0.15, -0.1) is 0 Å². The highest BCUT2D eigenvalue weighted by Crippen LogP contribution is 2.32. The maximum atomic E-state index is 12.6. The molecule has 0 aromatic heterocycles. The number of nitrogens with zero attached hydrogens (tertiary/aromatic N) is 1. The monoisotopic (exact) mass is 435 g/mol. The largest absolute Gasteiger partial charge is 0.484 e. The molecule has 0 bridgehead atoms. The second kappa shape index (κ2) is 12.0. The Morgan fingerprint density at radius 1 is 1.32 bits per heavy atom. The van der Waals surface area contributed by atoms with Crippen LogP contribution in [0.15, 0.2) is 18.7 Å². The van der Waals surface area contributed by atoms with Gasteiger partial charge in [0.25, 0.3) is 12.4 Å². The number of carbonyl (C=O) groups excluding carboxylic acids is 2. The van der Waals surface area contributed by atoms with E-state index < -0.39 is 4.92 Å². The third-order valence-corrected chi connectivity index (χ3v) is 4.23. The van der Waals surface area contributed by atoms with Crippen LogP contribution in [0.1, 0.15) is 63.4 Å². The second-order valence-electron chi connectivity index (χ2n) is 8.36. The van der Waals surface area contributed by atoms with Crippen LogP contribution in [0, 0.1) is 10.1 Å². The number of benzene rings is 1. The minimum atomic E-state index is -0.536. The highest BCUT2D eigenvalue weighted by Gasteiger charge is 2.24. The molecule has 0 radical (unpaired) electrons. The lowest BCUT2D eigenvalue weighted by molar-refractivity contribution is -0.386. The van der Waals surface area contributed by atoms with Gasteiger partial charge in [0.15, 0.2) is 5.75 Å². The number of ether oxygens (including phenoxy) is 2. The van der Waals surface area contributed by atoms with Crippen molar-refractivity contribution < 1.29 is 24.0 Å². The Labute approximate surface area is 183 Å². The summed E-state index contributed by atoms with van der Waals surface area (Å²) >= 11 is 0. The number of nitro groups is 1. The third kappa shape index (κ3) is 9.17. The van der Waals surface area contributed by atoms with E-state index in [2.05, 4.69) is 21.9 Å². The Balaban J connectivity index is 0.000000592. The average molecular weight is 436 g/mol. The van der Waals surface area contributed by atoms with E-state index in [0.717, 1.165) is 25.9 Å². The molecule has 1 heterocycles. The van der Waals surface area contributed by atoms with Gasteiger partial charge in [0.1, 0.15) is 5.60 Å². The van der Waals surface area contributed by atoms with Crippen molar-refractivity contribution in [2.24, 2.45) is 0 Å². The summed E-state index contributed by atoms with van der Waals surface area (Å²) in [5.41, 5.74) is 0.223. The Morgan fingerprint density at radius 3 is 2.35 bits per heavy atom. The third-order valence-electron chi connectivity index (χ3n) is 4.23. The molecule has 1 aliphatic rings. The van der Waals surface area contributed by atoms with Gasteiger partial charge in [-0.05, 0) is 72.2 Å². The van der Waals surface area contributed by atoms with Crippen LogP contribution in [0.2, 0.25) is 0 Å². The Bertz CT molecular complexity index is 780. The summed E-state index contributed by atoms with van der Waals surface area (Å²) in [5, 5.41) is 17.5. The van der Waals surface area contributed by atoms with Crippen LogP contribution in [-0.2, 0) is 9.53 Å². The van der Waals surface area contributed by atoms with Gasteiger partial charge in [-0.1, -0.05) is 12.7 Å². The zero-order valence-electron chi connectivity index (χ0n) is 18.9. The lowest BCUT2D eigenvalue weighted by Crippen LogP contribution is -2.42. The van der Waals surface area contributed by atoms with E-state index in [1.54, 1.807) is 13.8 Å². The molecular formula is C22H33N3O6. The van der Waals surface area contributed by atoms with Gasteiger partial charge in [-0.2, -0.15) is 0 Å². The van der Waals surface area contributed by atoms with Crippen molar-refractivity contribution in [1.82, 2.24) is 10.6 Å². The first-order valence-electron chi connectivity index (χ1n) is 10.2. The van der Waals surface area contributed by atoms with Gasteiger partial charge in [0, 0.05) is 12.1 Å². The van der Waals surface area contributed by atoms with E-state index in [1.165, 1.54) is 18.2 Å². The lowest BCUT2D eigenvalue weighted by atomic mass is 10.0. The molecule has 0 saturated carbocycles. The SMILES string of the molecule is C=Cc1cc(OC(C)C)c([N+](=O)[O-])cc1C(=O)NC1CCNCC1.CC(C)(C)OC=O. The highest BCUT2D eigenvalue weighted by atomic mass is 16.6. The zero-order chi connectivity index (χ0) is 23.6. The summed E-state index contributed by atoms with van der Waals surface area (Å²) in [6, 6.07) is 2.84. The Kier molecular flexibility index (Phi) is 10.1. The molecule has 9 heteroatoms. The molecule has 172 valence electrons. The molecule has 1 saturated heterocycles. The topological polar surface area (TPSA) is 120 Å². The number of rotatable bonds is 7. The Hall–Kier alpha value is -2.94. The predicted octanol–water partition coefficient (Wildman–Crippen LogP) is 3.46. The molecule has 1 amide bonds. The number of hydrogen-bond donors (Lipinski definition) is 2. The van der Waals surface area contributed by atoms with Crippen LogP contribution in [-0.4, -0.2) is 48.1 Å². The smallest absolute Gasteiger partial charge is 0.311 e. The van der Waals surface area contributed by atoms with E-state index in [1.807, 2.05) is 20.8 Å². The fourth-order valence-corrected chi connectivity index (χ4v) is 2.81. The number of amides is 1. The molecule has 2 N–H and O–H groups in total. The van der Waals surface area contributed by atoms with Crippen LogP contribution in [0.25, 0.3) is 6.08 Å². The van der Waals surface area contributed by atoms with Crippen LogP contribution in [0.4, 0.5) is 5.69 Å². The number of hydrogen-bond acceptors (Lipinski definition) is 7. The molecule has 0 spiro atoms. The normalized spacial score (nSPS) is 14.1. The standard InChI is InChI=1S/C17H23N3O4.C5H10O2/c1-4-12-9-16(24-11(2)3)15(20(22)23)10-14(12)17(21)19-13-5-7-18-8-6-13;1-5(2,3)7-4-6/h4,9-11,13,18H,1,5-8H2,2-3H3,(H,19,21);4H,1-3H3. The summed E-state index contributed by atoms with van der Waals surface area (Å²) in [5.74, 6) is -0.181. The number of carbonyl (C=O) groups is 2. The van der Waals surface area contributed by atoms with Gasteiger partial charge in [0.05, 0.1) is 16.6 Å². The van der Waals surface area contributed by atoms with Gasteiger partial charge in [-0.3, -0.25) is 19.7 Å². The van der Waals surface area contributed by atoms with Crippen LogP contribution in [0.5, 0.6) is 5.75 Å². The molecule has 0 aliphatic carbocycles. The van der Waals surface area contributed by atoms with Gasteiger partial charge >= 0.3 is 5.69 Å². The van der Waals surface area contributed by atoms with Crippen molar-refractivity contribution in [1.29, 1.82) is 0 Å². The maximum absolute atomic E-state index is 12.6. The molecule has 31 heavy (non-hydrogen) atoms. The number of piperidine rings is 1. The van der Waals surface area contributed by atoms with Crippen LogP contribution < -0.4 is 15.4 Å². The molecule has 1 aromatic carbocycles. The Morgan fingerprint density at radius 2 is 1.94 bits per heavy atom. The van der Waals surface area contributed by atoms with Crippen molar-refractivity contribution in [3.05, 3.63) is 40.0 Å². The van der Waals surface area contributed by atoms with E-state index in [4.69, 9.17) is 4.74 Å². The minimum absolute atomic E-state index is 0.0714. The van der Waals surface area contributed by atoms with E-state index in [-0.39, 0.29) is 40.7 Å². The summed E-state index contributed by atoms with van der Waals surface area (Å²) in [6.45, 7) is 14.9. The van der Waals surface area contributed by atoms with E-state index in [0.29, 0.717) is 12.0 Å². The average Bonchev–Trinajstić information content (AvgIpc) is 2.67. The van der Waals surface area contributed by atoms with Gasteiger partial charge in [0.2, 0.25) is 0 Å². The first kappa shape index (κ1) is 26.1. The lowest BCUT2D eigenvalue weighted by Gasteiger charge is -2.24. The minimum Gasteiger partial charge on any atom is -0.484 e. The molecule has 9 nitrogen and oxygen atoms in total. The molecule has 1 fully saturated rings. The fraction of sp³-hybridized carbons (Fsp3) is 0.545. The summed E-state index contributed by atoms with van der Waals surface area (Å²) in [7, 11) is 0. The van der Waals surface area contributed by atoms with Crippen molar-refractivity contribution in [2.45, 2.75) is 65.2 Å². The van der Waals surface area contributed by atoms with Gasteiger partial charge in [-0.25, -0.2) is 0 Å². The fourth-order valence-electron chi connectivity index (χ4n) is 2.81. The van der Waals surface area contributed by atoms with Crippen molar-refractivity contribution in [2.75, 3.05) is 13.1 Å². The van der Waals surface area contributed by atoms with E-state index >= 15 is 0 Å². The number of nitrogens with one attached hydrogen (secondary N) is 2. The maximum Gasteiger partial charge on any atom is 0.311 e. The summed E-state index contributed by atoms with van der Waals surface area (Å²) < 4.78 is 10.1. The second-order valence-corrected chi connectivity index (χ2v) is 8.36. The molecule has 2 rings (SSSR count). The van der Waals surface area contributed by atoms with Crippen molar-refractivity contribution in [3.63, 3.8) is 0 Å². The van der Waals surface area contributed by atoms with Crippen LogP contribution >= 0.6 is 0 Å². The summed E-state index contributed by atoms with van der Waals surface area (Å²) in [4.78, 5) is 32.9. The zero-order valence-corrected chi connectivity index (χ0v) is 18.9. The predicted molar refractivity (Wildman–Crippen MR) is 119 cm³/mol. The summed E-state index contributed by atoms with van der Waals surface area (Å²) in [6.07, 6.45) is 2.97. The molecule has 0 unspecified atom stereocenters. The highest BCUT2D eigenvalue weighted by molar-refractivity contribution is 5.99. The van der Waals surface area contributed by atoms with Gasteiger partial charge < -0.3 is 20.1 Å². The first-order valence-corrected chi connectivity index (χ1v) is 10.2. The molecular weight excluding hydrogens is 402 g/mol.